The predicted molar refractivity (Wildman–Crippen MR) is 98.5 cm³/mol. The van der Waals surface area contributed by atoms with Crippen molar-refractivity contribution in [1.29, 1.82) is 0 Å². The molecule has 0 bridgehead atoms. The molecule has 154 valence electrons. The molecule has 0 fully saturated rings. The fourth-order valence-electron chi connectivity index (χ4n) is 3.03. The first-order valence-electron chi connectivity index (χ1n) is 8.63. The van der Waals surface area contributed by atoms with E-state index in [1.807, 2.05) is 0 Å². The average molecular weight is 408 g/mol. The van der Waals surface area contributed by atoms with Crippen LogP contribution in [0.4, 0.5) is 13.2 Å². The smallest absolute Gasteiger partial charge is 0.384 e. The Morgan fingerprint density at radius 2 is 2.00 bits per heavy atom. The Bertz CT molecular complexity index is 1030. The minimum atomic E-state index is -4.55. The molecule has 2 heterocycles. The summed E-state index contributed by atoms with van der Waals surface area (Å²) in [5.74, 6) is -0.431. The number of ether oxygens (including phenoxy) is 1. The van der Waals surface area contributed by atoms with Crippen molar-refractivity contribution in [1.82, 2.24) is 19.8 Å². The molecule has 0 radical (unpaired) electrons. The van der Waals surface area contributed by atoms with Crippen LogP contribution in [0.3, 0.4) is 0 Å². The van der Waals surface area contributed by atoms with Crippen molar-refractivity contribution in [3.8, 4) is 5.69 Å². The van der Waals surface area contributed by atoms with Crippen molar-refractivity contribution in [3.63, 3.8) is 0 Å². The lowest BCUT2D eigenvalue weighted by molar-refractivity contribution is -0.136. The van der Waals surface area contributed by atoms with Gasteiger partial charge >= 0.3 is 6.18 Å². The summed E-state index contributed by atoms with van der Waals surface area (Å²) < 4.78 is 46.7. The second kappa shape index (κ2) is 8.18. The highest BCUT2D eigenvalue weighted by molar-refractivity contribution is 5.95. The molecule has 0 atom stereocenters. The summed E-state index contributed by atoms with van der Waals surface area (Å²) in [5, 5.41) is 5.58. The third kappa shape index (κ3) is 3.94. The largest absolute Gasteiger partial charge is 0.418 e. The Morgan fingerprint density at radius 1 is 1.24 bits per heavy atom. The number of carbonyl (C=O) groups excluding carboxylic acids is 1. The lowest BCUT2D eigenvalue weighted by Gasteiger charge is -2.16. The predicted octanol–water partition coefficient (Wildman–Crippen LogP) is 3.26. The summed E-state index contributed by atoms with van der Waals surface area (Å²) in [6.07, 6.45) is -1.57. The number of methoxy groups -OCH3 is 1. The van der Waals surface area contributed by atoms with Crippen LogP contribution in [0.2, 0.25) is 0 Å². The molecule has 1 amide bonds. The van der Waals surface area contributed by atoms with E-state index in [1.54, 1.807) is 6.07 Å². The van der Waals surface area contributed by atoms with Gasteiger partial charge in [-0.1, -0.05) is 12.1 Å². The van der Waals surface area contributed by atoms with E-state index in [-0.39, 0.29) is 16.5 Å². The van der Waals surface area contributed by atoms with E-state index >= 15 is 0 Å². The molecule has 0 aliphatic carbocycles. The minimum absolute atomic E-state index is 0.187. The van der Waals surface area contributed by atoms with Gasteiger partial charge < -0.3 is 4.74 Å². The van der Waals surface area contributed by atoms with Gasteiger partial charge in [0.25, 0.3) is 5.91 Å². The van der Waals surface area contributed by atoms with Crippen LogP contribution < -0.4 is 0 Å². The van der Waals surface area contributed by atoms with E-state index in [9.17, 15) is 18.0 Å². The molecule has 10 heteroatoms. The van der Waals surface area contributed by atoms with Gasteiger partial charge in [-0.3, -0.25) is 14.6 Å². The third-order valence-corrected chi connectivity index (χ3v) is 4.48. The molecular formula is C19H19F3N4O3. The van der Waals surface area contributed by atoms with Crippen LogP contribution in [0.5, 0.6) is 0 Å². The second-order valence-electron chi connectivity index (χ2n) is 6.17. The van der Waals surface area contributed by atoms with Crippen LogP contribution in [0.25, 0.3) is 16.6 Å². The summed E-state index contributed by atoms with van der Waals surface area (Å²) in [4.78, 5) is 21.5. The number of para-hydroxylation sites is 1. The van der Waals surface area contributed by atoms with Crippen molar-refractivity contribution in [2.45, 2.75) is 12.6 Å². The number of hydrogen-bond donors (Lipinski definition) is 0. The molecule has 0 saturated heterocycles. The van der Waals surface area contributed by atoms with Crippen LogP contribution in [-0.2, 0) is 22.2 Å². The van der Waals surface area contributed by atoms with Crippen molar-refractivity contribution in [2.75, 3.05) is 27.9 Å². The number of fused-ring (bicyclic) bond motifs is 1. The van der Waals surface area contributed by atoms with E-state index in [0.29, 0.717) is 24.4 Å². The highest BCUT2D eigenvalue weighted by Gasteiger charge is 2.33. The maximum Gasteiger partial charge on any atom is 0.418 e. The minimum Gasteiger partial charge on any atom is -0.384 e. The molecule has 1 aromatic carbocycles. The number of carbonyl (C=O) groups is 1. The number of nitrogens with zero attached hydrogens (tertiary/aromatic N) is 4. The Hall–Kier alpha value is -2.98. The highest BCUT2D eigenvalue weighted by atomic mass is 19.4. The second-order valence-corrected chi connectivity index (χ2v) is 6.17. The number of aromatic nitrogens is 3. The number of amides is 1. The maximum atomic E-state index is 13.4. The molecule has 29 heavy (non-hydrogen) atoms. The van der Waals surface area contributed by atoms with Crippen molar-refractivity contribution in [2.24, 2.45) is 0 Å². The lowest BCUT2D eigenvalue weighted by Crippen LogP contribution is -2.26. The van der Waals surface area contributed by atoms with Gasteiger partial charge in [0.15, 0.2) is 0 Å². The van der Waals surface area contributed by atoms with Gasteiger partial charge in [-0.15, -0.1) is 0 Å². The number of rotatable bonds is 6. The Morgan fingerprint density at radius 3 is 2.66 bits per heavy atom. The zero-order valence-corrected chi connectivity index (χ0v) is 16.0. The fourth-order valence-corrected chi connectivity index (χ4v) is 3.03. The topological polar surface area (TPSA) is 69.5 Å². The number of benzene rings is 1. The molecular weight excluding hydrogens is 389 g/mol. The number of hydrogen-bond acceptors (Lipinski definition) is 5. The van der Waals surface area contributed by atoms with E-state index in [0.717, 1.165) is 11.1 Å². The van der Waals surface area contributed by atoms with Crippen LogP contribution in [-0.4, -0.2) is 53.6 Å². The normalized spacial score (nSPS) is 11.8. The van der Waals surface area contributed by atoms with Gasteiger partial charge in [0.1, 0.15) is 0 Å². The average Bonchev–Trinajstić information content (AvgIpc) is 3.12. The fraction of sp³-hybridized carbons (Fsp3) is 0.316. The van der Waals surface area contributed by atoms with Crippen molar-refractivity contribution < 1.29 is 27.5 Å². The summed E-state index contributed by atoms with van der Waals surface area (Å²) in [6.45, 7) is 0.291. The first-order chi connectivity index (χ1) is 13.8. The number of hydroxylamine groups is 2. The highest BCUT2D eigenvalue weighted by Crippen LogP contribution is 2.35. The number of halogens is 3. The van der Waals surface area contributed by atoms with Crippen LogP contribution in [0, 0.1) is 0 Å². The number of alkyl halides is 3. The molecule has 0 unspecified atom stereocenters. The van der Waals surface area contributed by atoms with E-state index in [4.69, 9.17) is 9.57 Å². The van der Waals surface area contributed by atoms with E-state index < -0.39 is 17.6 Å². The quantitative estimate of drug-likeness (QED) is 0.586. The van der Waals surface area contributed by atoms with Crippen molar-refractivity contribution >= 4 is 16.8 Å². The van der Waals surface area contributed by atoms with Crippen LogP contribution in [0.15, 0.2) is 36.7 Å². The zero-order valence-electron chi connectivity index (χ0n) is 16.0. The summed E-state index contributed by atoms with van der Waals surface area (Å²) in [5.41, 5.74) is 0.116. The molecule has 0 spiro atoms. The Balaban J connectivity index is 2.22. The van der Waals surface area contributed by atoms with Crippen LogP contribution in [0.1, 0.15) is 21.6 Å². The third-order valence-electron chi connectivity index (χ3n) is 4.48. The summed E-state index contributed by atoms with van der Waals surface area (Å²) in [6, 6.07) is 5.40. The van der Waals surface area contributed by atoms with E-state index in [1.165, 1.54) is 50.5 Å². The van der Waals surface area contributed by atoms with Crippen LogP contribution >= 0.6 is 0 Å². The monoisotopic (exact) mass is 408 g/mol. The molecule has 3 aromatic rings. The van der Waals surface area contributed by atoms with Gasteiger partial charge in [-0.2, -0.15) is 18.3 Å². The maximum absolute atomic E-state index is 13.4. The molecule has 3 rings (SSSR count). The molecule has 0 saturated carbocycles. The Labute approximate surface area is 164 Å². The van der Waals surface area contributed by atoms with Gasteiger partial charge in [0.2, 0.25) is 0 Å². The first kappa shape index (κ1) is 20.7. The lowest BCUT2D eigenvalue weighted by atomic mass is 10.1. The van der Waals surface area contributed by atoms with E-state index in [2.05, 4.69) is 10.1 Å². The molecule has 0 aliphatic heterocycles. The standard InChI is InChI=1S/C19H19F3N4O3/c1-25(29-3)18(27)13-11-24-26(16(13)8-10-28-2)15-7-9-23-17-12(15)5-4-6-14(17)19(20,21)22/h4-7,9,11H,8,10H2,1-3H3. The zero-order chi connectivity index (χ0) is 21.2. The van der Waals surface area contributed by atoms with Gasteiger partial charge in [0, 0.05) is 32.2 Å². The Kier molecular flexibility index (Phi) is 5.85. The molecule has 2 aromatic heterocycles. The van der Waals surface area contributed by atoms with Crippen molar-refractivity contribution in [3.05, 3.63) is 53.5 Å². The molecule has 7 nitrogen and oxygen atoms in total. The van der Waals surface area contributed by atoms with Gasteiger partial charge in [0.05, 0.1) is 47.9 Å². The first-order valence-corrected chi connectivity index (χ1v) is 8.63. The molecule has 0 aliphatic rings. The summed E-state index contributed by atoms with van der Waals surface area (Å²) >= 11 is 0. The van der Waals surface area contributed by atoms with Gasteiger partial charge in [-0.25, -0.2) is 9.75 Å². The SMILES string of the molecule is COCCc1c(C(=O)N(C)OC)cnn1-c1ccnc2c(C(F)(F)F)cccc12. The summed E-state index contributed by atoms with van der Waals surface area (Å²) in [7, 11) is 4.32. The number of pyridine rings is 1. The van der Waals surface area contributed by atoms with Gasteiger partial charge in [-0.05, 0) is 12.1 Å². The molecule has 0 N–H and O–H groups in total.